The van der Waals surface area contributed by atoms with Gasteiger partial charge in [-0.3, -0.25) is 14.9 Å². The second kappa shape index (κ2) is 6.20. The molecule has 1 aliphatic rings. The predicted molar refractivity (Wildman–Crippen MR) is 97.5 cm³/mol. The van der Waals surface area contributed by atoms with Gasteiger partial charge in [0.05, 0.1) is 27.7 Å². The largest absolute Gasteiger partial charge is 0.368 e. The first-order chi connectivity index (χ1) is 12.5. The van der Waals surface area contributed by atoms with E-state index in [0.29, 0.717) is 38.4 Å². The molecule has 0 atom stereocenters. The summed E-state index contributed by atoms with van der Waals surface area (Å²) in [6.45, 7) is 1.79. The number of hydrogen-bond acceptors (Lipinski definition) is 3. The number of fused-ring (bicyclic) bond motifs is 1. The molecular formula is C18H12ClN5O2. The summed E-state index contributed by atoms with van der Waals surface area (Å²) in [5.41, 5.74) is 2.09. The number of aliphatic imine (C=N–C) groups is 1. The Hall–Kier alpha value is -3.32. The van der Waals surface area contributed by atoms with E-state index >= 15 is 0 Å². The van der Waals surface area contributed by atoms with Crippen molar-refractivity contribution in [1.29, 1.82) is 0 Å². The molecule has 2 amide bonds. The molecule has 3 aromatic rings. The molecule has 0 unspecified atom stereocenters. The molecule has 4 rings (SSSR count). The number of nitrogens with zero attached hydrogens (tertiary/aromatic N) is 4. The van der Waals surface area contributed by atoms with Gasteiger partial charge in [0.2, 0.25) is 0 Å². The maximum atomic E-state index is 12.7. The van der Waals surface area contributed by atoms with Crippen molar-refractivity contribution in [2.45, 2.75) is 6.92 Å². The van der Waals surface area contributed by atoms with Gasteiger partial charge in [0.1, 0.15) is 0 Å². The zero-order valence-electron chi connectivity index (χ0n) is 13.6. The number of amides is 2. The van der Waals surface area contributed by atoms with E-state index in [4.69, 9.17) is 11.6 Å². The molecule has 0 radical (unpaired) electrons. The molecule has 1 N–H and O–H groups in total. The van der Waals surface area contributed by atoms with Gasteiger partial charge in [0.15, 0.2) is 0 Å². The van der Waals surface area contributed by atoms with Crippen LogP contribution >= 0.6 is 11.6 Å². The van der Waals surface area contributed by atoms with Crippen molar-refractivity contribution in [1.82, 2.24) is 9.78 Å². The zero-order valence-corrected chi connectivity index (χ0v) is 14.4. The van der Waals surface area contributed by atoms with E-state index in [1.165, 1.54) is 10.9 Å². The van der Waals surface area contributed by atoms with Crippen molar-refractivity contribution >= 4 is 29.5 Å². The second-order valence-corrected chi connectivity index (χ2v) is 6.14. The molecule has 128 valence electrons. The third-order valence-corrected chi connectivity index (χ3v) is 4.15. The van der Waals surface area contributed by atoms with Crippen LogP contribution in [0.1, 0.15) is 11.3 Å². The number of urea groups is 1. The number of H-pyrrole nitrogens is 1. The molecule has 2 aromatic carbocycles. The number of aromatic nitrogens is 2. The smallest absolute Gasteiger partial charge is 0.295 e. The third-order valence-electron chi connectivity index (χ3n) is 3.92. The van der Waals surface area contributed by atoms with Crippen LogP contribution in [-0.4, -0.2) is 22.0 Å². The van der Waals surface area contributed by atoms with Gasteiger partial charge in [-0.2, -0.15) is 9.98 Å². The van der Waals surface area contributed by atoms with Crippen LogP contribution in [-0.2, 0) is 0 Å². The molecule has 0 spiro atoms. The van der Waals surface area contributed by atoms with Crippen LogP contribution in [0.15, 0.2) is 62.2 Å². The summed E-state index contributed by atoms with van der Waals surface area (Å²) >= 11 is 6.00. The second-order valence-electron chi connectivity index (χ2n) is 5.71. The Morgan fingerprint density at radius 2 is 1.92 bits per heavy atom. The maximum Gasteiger partial charge on any atom is 0.368 e. The molecule has 0 fully saturated rings. The van der Waals surface area contributed by atoms with Crippen LogP contribution in [0.3, 0.4) is 0 Å². The van der Waals surface area contributed by atoms with Crippen LogP contribution < -0.4 is 16.3 Å². The number of halogens is 1. The molecule has 26 heavy (non-hydrogen) atoms. The monoisotopic (exact) mass is 365 g/mol. The average Bonchev–Trinajstić information content (AvgIpc) is 3.11. The fourth-order valence-electron chi connectivity index (χ4n) is 2.66. The van der Waals surface area contributed by atoms with E-state index < -0.39 is 6.03 Å². The van der Waals surface area contributed by atoms with Crippen LogP contribution in [0, 0.1) is 6.92 Å². The Kier molecular flexibility index (Phi) is 3.85. The average molecular weight is 366 g/mol. The molecule has 8 heteroatoms. The van der Waals surface area contributed by atoms with Crippen LogP contribution in [0.2, 0.25) is 5.02 Å². The molecule has 0 aliphatic carbocycles. The minimum absolute atomic E-state index is 0.232. The van der Waals surface area contributed by atoms with Crippen LogP contribution in [0.4, 0.5) is 10.5 Å². The highest BCUT2D eigenvalue weighted by atomic mass is 35.5. The fourth-order valence-corrected chi connectivity index (χ4v) is 2.84. The summed E-state index contributed by atoms with van der Waals surface area (Å²) in [5.74, 6) is 0. The Morgan fingerprint density at radius 3 is 2.73 bits per heavy atom. The number of aromatic amines is 1. The van der Waals surface area contributed by atoms with Crippen molar-refractivity contribution in [2.75, 3.05) is 0 Å². The zero-order chi connectivity index (χ0) is 18.3. The number of benzene rings is 2. The van der Waals surface area contributed by atoms with E-state index in [0.717, 1.165) is 0 Å². The van der Waals surface area contributed by atoms with Crippen molar-refractivity contribution in [3.63, 3.8) is 0 Å². The van der Waals surface area contributed by atoms with Crippen molar-refractivity contribution < 1.29 is 4.79 Å². The van der Waals surface area contributed by atoms with Crippen LogP contribution in [0.5, 0.6) is 0 Å². The van der Waals surface area contributed by atoms with Crippen molar-refractivity contribution in [3.8, 4) is 5.69 Å². The summed E-state index contributed by atoms with van der Waals surface area (Å²) < 4.78 is 1.41. The Labute approximate surface area is 152 Å². The molecule has 0 saturated heterocycles. The molecule has 0 saturated carbocycles. The summed E-state index contributed by atoms with van der Waals surface area (Å²) in [4.78, 5) is 35.8. The van der Waals surface area contributed by atoms with E-state index in [1.807, 2.05) is 0 Å². The number of carbonyl (C=O) groups is 1. The first kappa shape index (κ1) is 16.2. The summed E-state index contributed by atoms with van der Waals surface area (Å²) in [6, 6.07) is 11.5. The predicted octanol–water partition coefficient (Wildman–Crippen LogP) is 2.25. The summed E-state index contributed by atoms with van der Waals surface area (Å²) in [7, 11) is 0. The molecule has 1 aromatic heterocycles. The summed E-state index contributed by atoms with van der Waals surface area (Å²) in [5, 5.41) is 4.56. The van der Waals surface area contributed by atoms with Gasteiger partial charge in [0.25, 0.3) is 5.56 Å². The van der Waals surface area contributed by atoms with E-state index in [1.54, 1.807) is 49.4 Å². The van der Waals surface area contributed by atoms with E-state index in [-0.39, 0.29) is 5.56 Å². The van der Waals surface area contributed by atoms with Gasteiger partial charge in [-0.1, -0.05) is 17.7 Å². The highest BCUT2D eigenvalue weighted by Crippen LogP contribution is 2.14. The number of nitrogens with one attached hydrogen (secondary N) is 1. The Bertz CT molecular complexity index is 1250. The highest BCUT2D eigenvalue weighted by molar-refractivity contribution is 6.30. The fraction of sp³-hybridized carbons (Fsp3) is 0.0556. The Morgan fingerprint density at radius 1 is 1.12 bits per heavy atom. The van der Waals surface area contributed by atoms with Gasteiger partial charge in [-0.15, -0.1) is 0 Å². The quantitative estimate of drug-likeness (QED) is 0.721. The van der Waals surface area contributed by atoms with E-state index in [9.17, 15) is 9.59 Å². The highest BCUT2D eigenvalue weighted by Gasteiger charge is 2.11. The third kappa shape index (κ3) is 2.89. The standard InChI is InChI=1S/C18H12ClN5O2/c1-10-14(17(25)24(23-10)13-4-2-3-11(19)7-13)9-20-12-5-6-15-16(8-12)22-18(26)21-15/h2-9,23H,1H3. The van der Waals surface area contributed by atoms with Gasteiger partial charge in [-0.05, 0) is 43.3 Å². The SMILES string of the molecule is Cc1[nH]n(-c2cccc(Cl)c2)c(=O)c1C=Nc1ccc2c(c1)=NC(=O)N=2. The molecule has 0 bridgehead atoms. The molecule has 1 aliphatic heterocycles. The lowest BCUT2D eigenvalue weighted by molar-refractivity contribution is 0.256. The lowest BCUT2D eigenvalue weighted by Gasteiger charge is -2.01. The topological polar surface area (TPSA) is 91.9 Å². The molecule has 7 nitrogen and oxygen atoms in total. The minimum Gasteiger partial charge on any atom is -0.295 e. The van der Waals surface area contributed by atoms with Gasteiger partial charge in [-0.25, -0.2) is 9.48 Å². The number of hydrogen-bond donors (Lipinski definition) is 1. The Balaban J connectivity index is 1.72. The normalized spacial score (nSPS) is 12.9. The first-order valence-corrected chi connectivity index (χ1v) is 8.12. The maximum absolute atomic E-state index is 12.7. The lowest BCUT2D eigenvalue weighted by Crippen LogP contribution is -2.20. The number of carbonyl (C=O) groups excluding carboxylic acids is 1. The molecule has 2 heterocycles. The lowest BCUT2D eigenvalue weighted by atomic mass is 10.2. The van der Waals surface area contributed by atoms with Gasteiger partial charge in [0, 0.05) is 16.9 Å². The van der Waals surface area contributed by atoms with Gasteiger partial charge >= 0.3 is 6.03 Å². The van der Waals surface area contributed by atoms with Gasteiger partial charge < -0.3 is 0 Å². The minimum atomic E-state index is -0.521. The number of rotatable bonds is 3. The molecular weight excluding hydrogens is 354 g/mol. The number of aryl methyl sites for hydroxylation is 1. The van der Waals surface area contributed by atoms with Crippen molar-refractivity contribution in [2.24, 2.45) is 15.0 Å². The van der Waals surface area contributed by atoms with Crippen LogP contribution in [0.25, 0.3) is 5.69 Å². The van der Waals surface area contributed by atoms with E-state index in [2.05, 4.69) is 20.1 Å². The first-order valence-electron chi connectivity index (χ1n) is 7.74. The van der Waals surface area contributed by atoms with Crippen molar-refractivity contribution in [3.05, 3.63) is 79.8 Å². The summed E-state index contributed by atoms with van der Waals surface area (Å²) in [6.07, 6.45) is 1.49.